The molecule has 0 unspecified atom stereocenters. The fourth-order valence-corrected chi connectivity index (χ4v) is 12.4. The summed E-state index contributed by atoms with van der Waals surface area (Å²) in [5.74, 6) is 1.41. The van der Waals surface area contributed by atoms with Crippen LogP contribution in [0.15, 0.2) is 196 Å². The monoisotopic (exact) mass is 1930 g/mol. The molecule has 0 atom stereocenters. The van der Waals surface area contributed by atoms with Gasteiger partial charge in [0.2, 0.25) is 0 Å². The lowest BCUT2D eigenvalue weighted by molar-refractivity contribution is 0.0407. The number of benzene rings is 6. The molecule has 0 bridgehead atoms. The maximum atomic E-state index is 13.1. The first-order valence-electron chi connectivity index (χ1n) is 39.4. The molecule has 7 amide bonds. The molecule has 6 aromatic heterocycles. The van der Waals surface area contributed by atoms with Crippen molar-refractivity contribution in [2.24, 2.45) is 0 Å². The van der Waals surface area contributed by atoms with E-state index in [0.29, 0.717) is 44.0 Å². The largest absolute Gasteiger partial charge is 0.443 e. The fourth-order valence-electron chi connectivity index (χ4n) is 11.1. The number of ether oxygens (including phenoxy) is 7. The number of nitrogens with zero attached hydrogens (tertiary/aromatic N) is 12. The maximum absolute atomic E-state index is 13.1. The van der Waals surface area contributed by atoms with Crippen molar-refractivity contribution in [1.29, 1.82) is 5.26 Å². The number of amides is 7. The zero-order valence-corrected chi connectivity index (χ0v) is 80.6. The second-order valence-corrected chi connectivity index (χ2v) is 38.2. The molecule has 0 spiro atoms. The van der Waals surface area contributed by atoms with Gasteiger partial charge < -0.3 is 49.9 Å². The van der Waals surface area contributed by atoms with E-state index in [0.717, 1.165) is 82.6 Å². The molecule has 0 saturated heterocycles. The van der Waals surface area contributed by atoms with Crippen molar-refractivity contribution >= 4 is 213 Å². The van der Waals surface area contributed by atoms with Crippen LogP contribution in [0.2, 0.25) is 5.15 Å². The van der Waals surface area contributed by atoms with Gasteiger partial charge in [-0.3, -0.25) is 9.80 Å². The van der Waals surface area contributed by atoms with Crippen LogP contribution in [-0.4, -0.2) is 133 Å². The summed E-state index contributed by atoms with van der Waals surface area (Å²) in [4.78, 5) is 120. The standard InChI is InChI=1S/C25H35N3O6.C20H27N3O4.C19H23BrN2O4.C11H10N4.C9H5BrClN.C9H7BrN2/c1-23(2,3)32-20(29)27(10)17-12-11-16-13-14-26-19(18(16)15-17)28(21(30)33-24(4,5)6)22(31)34-25(7,8)9;1-19(2,3)26-17(24)23(18(25)27-20(4,5)6)16-15-12-14(21-7)9-8-13(15)10-11-22-16;1-18(2,3)25-16(23)22(17(24)26-19(4,5)6)15-14-11-13(20)8-7-12(14)9-10-21-15;1-15(7-12)9-3-2-8-4-5-14-11(13)10(8)6-9;2*10-7-2-1-6-3-4-12-9(11)8(6)5-7/h11-15H,1-10H3;8-12,21H,1-7H3;7-11H,1-6H3;2-6H,1H3,(H2,13,14);1-5H;1-5H,(H2,11,12). The van der Waals surface area contributed by atoms with E-state index in [1.807, 2.05) is 109 Å². The van der Waals surface area contributed by atoms with Crippen LogP contribution in [-0.2, 0) is 33.2 Å². The third kappa shape index (κ3) is 30.3. The molecule has 126 heavy (non-hydrogen) atoms. The van der Waals surface area contributed by atoms with Crippen LogP contribution in [0.25, 0.3) is 64.6 Å². The number of imide groups is 3. The molecule has 33 heteroatoms. The van der Waals surface area contributed by atoms with Gasteiger partial charge in [0.25, 0.3) is 0 Å². The summed E-state index contributed by atoms with van der Waals surface area (Å²) < 4.78 is 40.9. The number of nitrogens with one attached hydrogen (secondary N) is 1. The Morgan fingerprint density at radius 3 is 0.937 bits per heavy atom. The first-order valence-corrected chi connectivity index (χ1v) is 42.2. The molecule has 6 heterocycles. The van der Waals surface area contributed by atoms with Gasteiger partial charge in [0.05, 0.1) is 5.69 Å². The highest BCUT2D eigenvalue weighted by Crippen LogP contribution is 2.36. The lowest BCUT2D eigenvalue weighted by Crippen LogP contribution is -2.44. The summed E-state index contributed by atoms with van der Waals surface area (Å²) in [7, 11) is 5.06. The molecular weight excluding hydrogens is 1830 g/mol. The van der Waals surface area contributed by atoms with Crippen LogP contribution >= 0.6 is 59.4 Å². The molecule has 0 aliphatic carbocycles. The number of nitrogens with two attached hydrogens (primary N) is 2. The first-order chi connectivity index (χ1) is 58.4. The number of nitriles is 1. The van der Waals surface area contributed by atoms with E-state index in [-0.39, 0.29) is 17.5 Å². The maximum Gasteiger partial charge on any atom is 0.425 e. The third-order valence-electron chi connectivity index (χ3n) is 16.4. The van der Waals surface area contributed by atoms with E-state index < -0.39 is 81.9 Å². The Morgan fingerprint density at radius 1 is 0.341 bits per heavy atom. The van der Waals surface area contributed by atoms with Crippen molar-refractivity contribution in [2.45, 2.75) is 185 Å². The molecule has 0 fully saturated rings. The Morgan fingerprint density at radius 2 is 0.595 bits per heavy atom. The average molecular weight is 1930 g/mol. The molecular formula is C93H107Br3ClN15O14. The summed E-state index contributed by atoms with van der Waals surface area (Å²) in [5.41, 5.74) is 8.08. The van der Waals surface area contributed by atoms with Crippen LogP contribution in [0.3, 0.4) is 0 Å². The van der Waals surface area contributed by atoms with E-state index in [9.17, 15) is 33.6 Å². The Hall–Kier alpha value is -12.3. The summed E-state index contributed by atoms with van der Waals surface area (Å²) in [6, 6.07) is 45.0. The van der Waals surface area contributed by atoms with Crippen molar-refractivity contribution in [3.8, 4) is 6.19 Å². The minimum absolute atomic E-state index is 0.0282. The van der Waals surface area contributed by atoms with Gasteiger partial charge >= 0.3 is 42.7 Å². The number of aromatic nitrogens is 6. The minimum atomic E-state index is -0.923. The molecule has 0 aliphatic heterocycles. The van der Waals surface area contributed by atoms with E-state index >= 15 is 0 Å². The smallest absolute Gasteiger partial charge is 0.425 e. The zero-order valence-electron chi connectivity index (χ0n) is 75.1. The zero-order chi connectivity index (χ0) is 94.1. The van der Waals surface area contributed by atoms with E-state index in [2.05, 4.69) is 83.0 Å². The molecule has 0 aliphatic rings. The van der Waals surface area contributed by atoms with E-state index in [1.54, 1.807) is 234 Å². The number of hydrogen-bond acceptors (Lipinski definition) is 25. The van der Waals surface area contributed by atoms with Crippen molar-refractivity contribution in [3.05, 3.63) is 201 Å². The predicted molar refractivity (Wildman–Crippen MR) is 510 cm³/mol. The topological polar surface area (TPSA) is 365 Å². The van der Waals surface area contributed by atoms with Gasteiger partial charge in [0.1, 0.15) is 56.0 Å². The lowest BCUT2D eigenvalue weighted by atomic mass is 10.1. The van der Waals surface area contributed by atoms with Crippen molar-refractivity contribution < 1.29 is 66.7 Å². The highest BCUT2D eigenvalue weighted by Gasteiger charge is 2.39. The van der Waals surface area contributed by atoms with Crippen molar-refractivity contribution in [1.82, 2.24) is 29.9 Å². The molecule has 666 valence electrons. The molecule has 12 aromatic rings. The van der Waals surface area contributed by atoms with Crippen LogP contribution in [0, 0.1) is 11.5 Å². The highest BCUT2D eigenvalue weighted by molar-refractivity contribution is 9.11. The highest BCUT2D eigenvalue weighted by atomic mass is 79.9. The third-order valence-corrected chi connectivity index (χ3v) is 18.2. The van der Waals surface area contributed by atoms with Crippen molar-refractivity contribution in [2.75, 3.05) is 62.4 Å². The van der Waals surface area contributed by atoms with Crippen LogP contribution in [0.5, 0.6) is 0 Å². The number of nitrogen functional groups attached to an aromatic ring is 2. The van der Waals surface area contributed by atoms with Crippen LogP contribution in [0.4, 0.5) is 79.7 Å². The number of pyridine rings is 6. The SMILES string of the molecule is CC(C)(C)OC(=O)N(C(=O)OC(C)(C)C)c1nccc2ccc(Br)cc12.CN(C#N)c1ccc2ccnc(N)c2c1.CN(C(=O)OC(C)(C)C)c1ccc2ccnc(N(C(=O)OC(C)(C)C)C(=O)OC(C)(C)C)c2c1.CNc1ccc2ccnc(N(C(=O)OC(C)(C)C)C(=O)OC(C)(C)C)c2c1.Clc1nccc2ccc(Br)cc12.Nc1nccc2ccc(Br)cc12. The second-order valence-electron chi connectivity index (χ2n) is 35.1. The average Bonchev–Trinajstić information content (AvgIpc) is 0.784. The molecule has 12 rings (SSSR count). The fraction of sp³-hybridized carbons (Fsp3) is 0.333. The first kappa shape index (κ1) is 101. The summed E-state index contributed by atoms with van der Waals surface area (Å²) in [5, 5.41) is 22.5. The lowest BCUT2D eigenvalue weighted by Gasteiger charge is -2.29. The number of halogens is 4. The number of carbonyl (C=O) groups excluding carboxylic acids is 7. The van der Waals surface area contributed by atoms with Gasteiger partial charge in [-0.1, -0.05) is 95.8 Å². The molecule has 6 aromatic carbocycles. The van der Waals surface area contributed by atoms with Crippen LogP contribution < -0.4 is 41.3 Å². The normalized spacial score (nSPS) is 11.5. The number of fused-ring (bicyclic) bond motifs is 6. The van der Waals surface area contributed by atoms with Gasteiger partial charge in [-0.25, -0.2) is 63.5 Å². The Kier molecular flexibility index (Phi) is 33.7. The summed E-state index contributed by atoms with van der Waals surface area (Å²) in [6.45, 7) is 36.3. The Balaban J connectivity index is 0.000000215. The minimum Gasteiger partial charge on any atom is -0.443 e. The molecule has 0 radical (unpaired) electrons. The van der Waals surface area contributed by atoms with Gasteiger partial charge in [-0.05, 0) is 287 Å². The molecule has 0 saturated carbocycles. The van der Waals surface area contributed by atoms with Gasteiger partial charge in [0, 0.05) is 115 Å². The summed E-state index contributed by atoms with van der Waals surface area (Å²) >= 11 is 16.1. The number of carbonyl (C=O) groups is 7. The Labute approximate surface area is 764 Å². The van der Waals surface area contributed by atoms with Gasteiger partial charge in [-0.15, -0.1) is 0 Å². The summed E-state index contributed by atoms with van der Waals surface area (Å²) in [6.07, 6.45) is 5.93. The van der Waals surface area contributed by atoms with Crippen molar-refractivity contribution in [3.63, 3.8) is 0 Å². The number of rotatable bonds is 6. The van der Waals surface area contributed by atoms with E-state index in [4.69, 9.17) is 61.5 Å². The molecule has 5 N–H and O–H groups in total. The second kappa shape index (κ2) is 42.1. The van der Waals surface area contributed by atoms with Crippen LogP contribution in [0.1, 0.15) is 145 Å². The number of anilines is 8. The Bertz CT molecular complexity index is 5840. The van der Waals surface area contributed by atoms with E-state index in [1.165, 1.54) is 22.2 Å². The van der Waals surface area contributed by atoms with Gasteiger partial charge in [0.15, 0.2) is 23.6 Å². The number of hydrogen-bond donors (Lipinski definition) is 3. The predicted octanol–water partition coefficient (Wildman–Crippen LogP) is 24.9. The quantitative estimate of drug-likeness (QED) is 0.0602. The molecule has 29 nitrogen and oxygen atoms in total. The van der Waals surface area contributed by atoms with Gasteiger partial charge in [-0.2, -0.15) is 20.0 Å².